The van der Waals surface area contributed by atoms with Gasteiger partial charge in [0.25, 0.3) is 0 Å². The van der Waals surface area contributed by atoms with Crippen molar-refractivity contribution in [1.29, 1.82) is 0 Å². The fraction of sp³-hybridized carbons (Fsp3) is 0.200. The number of benzene rings is 3. The summed E-state index contributed by atoms with van der Waals surface area (Å²) in [6.07, 6.45) is 3.04. The van der Waals surface area contributed by atoms with E-state index in [0.717, 1.165) is 53.0 Å². The lowest BCUT2D eigenvalue weighted by molar-refractivity contribution is 0.415. The maximum Gasteiger partial charge on any atom is 0.227 e. The smallest absolute Gasteiger partial charge is 0.227 e. The molecule has 5 rings (SSSR count). The quantitative estimate of drug-likeness (QED) is 0.490. The van der Waals surface area contributed by atoms with Crippen LogP contribution >= 0.6 is 0 Å². The second-order valence-corrected chi connectivity index (χ2v) is 7.57. The van der Waals surface area contributed by atoms with Gasteiger partial charge in [-0.05, 0) is 48.2 Å². The van der Waals surface area contributed by atoms with E-state index in [1.54, 1.807) is 7.11 Å². The van der Waals surface area contributed by atoms with Crippen molar-refractivity contribution in [2.75, 3.05) is 25.5 Å². The maximum absolute atomic E-state index is 5.29. The fourth-order valence-electron chi connectivity index (χ4n) is 4.13. The summed E-state index contributed by atoms with van der Waals surface area (Å²) in [6.45, 7) is 2.08. The van der Waals surface area contributed by atoms with E-state index >= 15 is 0 Å². The average Bonchev–Trinajstić information content (AvgIpc) is 3.34. The molecule has 150 valence electrons. The third kappa shape index (κ3) is 3.60. The molecule has 1 saturated heterocycles. The van der Waals surface area contributed by atoms with Crippen molar-refractivity contribution in [2.45, 2.75) is 12.3 Å². The average molecular weight is 396 g/mol. The van der Waals surface area contributed by atoms with Gasteiger partial charge in [-0.3, -0.25) is 0 Å². The van der Waals surface area contributed by atoms with Crippen molar-refractivity contribution in [3.63, 3.8) is 0 Å². The SMILES string of the molecule is COc1ccc(-c2cccc3cnc(Nc4ccccc4C4CCNC4)nc23)cc1. The molecule has 2 heterocycles. The minimum Gasteiger partial charge on any atom is -0.497 e. The molecule has 30 heavy (non-hydrogen) atoms. The highest BCUT2D eigenvalue weighted by atomic mass is 16.5. The predicted octanol–water partition coefficient (Wildman–Crippen LogP) is 5.13. The summed E-state index contributed by atoms with van der Waals surface area (Å²) < 4.78 is 5.29. The van der Waals surface area contributed by atoms with Gasteiger partial charge in [0.15, 0.2) is 0 Å². The highest BCUT2D eigenvalue weighted by Crippen LogP contribution is 2.32. The van der Waals surface area contributed by atoms with Gasteiger partial charge in [-0.2, -0.15) is 0 Å². The van der Waals surface area contributed by atoms with E-state index in [4.69, 9.17) is 9.72 Å². The molecule has 0 saturated carbocycles. The Kier molecular flexibility index (Phi) is 5.03. The van der Waals surface area contributed by atoms with Gasteiger partial charge >= 0.3 is 0 Å². The molecule has 1 fully saturated rings. The fourth-order valence-corrected chi connectivity index (χ4v) is 4.13. The van der Waals surface area contributed by atoms with E-state index in [2.05, 4.69) is 58.1 Å². The van der Waals surface area contributed by atoms with Crippen LogP contribution in [0.15, 0.2) is 72.9 Å². The summed E-state index contributed by atoms with van der Waals surface area (Å²) in [5.41, 5.74) is 5.50. The number of methoxy groups -OCH3 is 1. The van der Waals surface area contributed by atoms with Crippen LogP contribution in [0.5, 0.6) is 5.75 Å². The van der Waals surface area contributed by atoms with Crippen molar-refractivity contribution in [3.8, 4) is 16.9 Å². The zero-order valence-electron chi connectivity index (χ0n) is 16.9. The van der Waals surface area contributed by atoms with Crippen LogP contribution in [-0.4, -0.2) is 30.2 Å². The first-order chi connectivity index (χ1) is 14.8. The zero-order chi connectivity index (χ0) is 20.3. The van der Waals surface area contributed by atoms with Gasteiger partial charge in [0.2, 0.25) is 5.95 Å². The minimum absolute atomic E-state index is 0.518. The molecular formula is C25H24N4O. The van der Waals surface area contributed by atoms with Crippen molar-refractivity contribution < 1.29 is 4.74 Å². The number of nitrogens with zero attached hydrogens (tertiary/aromatic N) is 2. The third-order valence-electron chi connectivity index (χ3n) is 5.72. The normalized spacial score (nSPS) is 16.0. The number of ether oxygens (including phenoxy) is 1. The maximum atomic E-state index is 5.29. The standard InChI is InChI=1S/C25H24N4O/c1-30-20-11-9-17(10-12-20)22-7-4-5-19-16-27-25(29-24(19)22)28-23-8-3-2-6-21(23)18-13-14-26-15-18/h2-12,16,18,26H,13-15H2,1H3,(H,27,28,29). The Balaban J connectivity index is 1.52. The van der Waals surface area contributed by atoms with Gasteiger partial charge in [-0.15, -0.1) is 0 Å². The van der Waals surface area contributed by atoms with Crippen LogP contribution in [0.4, 0.5) is 11.6 Å². The zero-order valence-corrected chi connectivity index (χ0v) is 16.9. The lowest BCUT2D eigenvalue weighted by atomic mass is 9.96. The molecule has 1 atom stereocenters. The summed E-state index contributed by atoms with van der Waals surface area (Å²) in [5, 5.41) is 7.94. The van der Waals surface area contributed by atoms with Crippen LogP contribution in [0.1, 0.15) is 17.9 Å². The van der Waals surface area contributed by atoms with E-state index in [1.165, 1.54) is 5.56 Å². The molecule has 0 bridgehead atoms. The van der Waals surface area contributed by atoms with Crippen LogP contribution in [0.25, 0.3) is 22.0 Å². The van der Waals surface area contributed by atoms with Crippen LogP contribution in [0.2, 0.25) is 0 Å². The Labute approximate surface area is 176 Å². The first kappa shape index (κ1) is 18.6. The second-order valence-electron chi connectivity index (χ2n) is 7.57. The van der Waals surface area contributed by atoms with E-state index in [9.17, 15) is 0 Å². The Morgan fingerprint density at radius 3 is 2.67 bits per heavy atom. The molecule has 1 aliphatic rings. The van der Waals surface area contributed by atoms with Gasteiger partial charge < -0.3 is 15.4 Å². The molecule has 0 radical (unpaired) electrons. The van der Waals surface area contributed by atoms with Gasteiger partial charge in [0, 0.05) is 29.4 Å². The third-order valence-corrected chi connectivity index (χ3v) is 5.72. The van der Waals surface area contributed by atoms with Gasteiger partial charge in [0.1, 0.15) is 5.75 Å². The van der Waals surface area contributed by atoms with Crippen molar-refractivity contribution >= 4 is 22.5 Å². The van der Waals surface area contributed by atoms with E-state index in [0.29, 0.717) is 11.9 Å². The molecular weight excluding hydrogens is 372 g/mol. The Morgan fingerprint density at radius 1 is 1.00 bits per heavy atom. The molecule has 1 aromatic heterocycles. The van der Waals surface area contributed by atoms with Crippen LogP contribution in [0, 0.1) is 0 Å². The van der Waals surface area contributed by atoms with Crippen molar-refractivity contribution in [2.24, 2.45) is 0 Å². The summed E-state index contributed by atoms with van der Waals surface area (Å²) in [6, 6.07) is 22.7. The Hall–Kier alpha value is -3.44. The summed E-state index contributed by atoms with van der Waals surface area (Å²) in [4.78, 5) is 9.46. The first-order valence-electron chi connectivity index (χ1n) is 10.3. The number of nitrogens with one attached hydrogen (secondary N) is 2. The Bertz CT molecular complexity index is 1170. The van der Waals surface area contributed by atoms with Gasteiger partial charge in [-0.25, -0.2) is 9.97 Å². The van der Waals surface area contributed by atoms with Crippen LogP contribution in [-0.2, 0) is 0 Å². The van der Waals surface area contributed by atoms with Crippen molar-refractivity contribution in [3.05, 3.63) is 78.5 Å². The molecule has 0 spiro atoms. The summed E-state index contributed by atoms with van der Waals surface area (Å²) >= 11 is 0. The predicted molar refractivity (Wildman–Crippen MR) is 121 cm³/mol. The molecule has 0 aliphatic carbocycles. The molecule has 2 N–H and O–H groups in total. The number of anilines is 2. The van der Waals surface area contributed by atoms with Crippen LogP contribution in [0.3, 0.4) is 0 Å². The number of aromatic nitrogens is 2. The first-order valence-corrected chi connectivity index (χ1v) is 10.3. The number of hydrogen-bond acceptors (Lipinski definition) is 5. The highest BCUT2D eigenvalue weighted by Gasteiger charge is 2.19. The largest absolute Gasteiger partial charge is 0.497 e. The monoisotopic (exact) mass is 396 g/mol. The number of hydrogen-bond donors (Lipinski definition) is 2. The number of rotatable bonds is 5. The summed E-state index contributed by atoms with van der Waals surface area (Å²) in [5.74, 6) is 1.97. The lowest BCUT2D eigenvalue weighted by Gasteiger charge is -2.16. The van der Waals surface area contributed by atoms with E-state index in [1.807, 2.05) is 30.5 Å². The summed E-state index contributed by atoms with van der Waals surface area (Å²) in [7, 11) is 1.68. The molecule has 4 aromatic rings. The second kappa shape index (κ2) is 8.13. The topological polar surface area (TPSA) is 59.1 Å². The molecule has 5 heteroatoms. The van der Waals surface area contributed by atoms with E-state index in [-0.39, 0.29) is 0 Å². The molecule has 0 amide bonds. The highest BCUT2D eigenvalue weighted by molar-refractivity contribution is 5.94. The van der Waals surface area contributed by atoms with Crippen molar-refractivity contribution in [1.82, 2.24) is 15.3 Å². The van der Waals surface area contributed by atoms with Crippen LogP contribution < -0.4 is 15.4 Å². The molecule has 1 unspecified atom stereocenters. The number of para-hydroxylation sites is 2. The molecule has 5 nitrogen and oxygen atoms in total. The van der Waals surface area contributed by atoms with Gasteiger partial charge in [0.05, 0.1) is 12.6 Å². The Morgan fingerprint density at radius 2 is 1.87 bits per heavy atom. The molecule has 1 aliphatic heterocycles. The number of fused-ring (bicyclic) bond motifs is 1. The lowest BCUT2D eigenvalue weighted by Crippen LogP contribution is -2.09. The minimum atomic E-state index is 0.518. The van der Waals surface area contributed by atoms with E-state index < -0.39 is 0 Å². The van der Waals surface area contributed by atoms with Gasteiger partial charge in [-0.1, -0.05) is 48.5 Å². The molecule has 3 aromatic carbocycles.